The van der Waals surface area contributed by atoms with Gasteiger partial charge in [-0.3, -0.25) is 14.9 Å². The molecule has 0 spiro atoms. The number of anilines is 5. The van der Waals surface area contributed by atoms with Gasteiger partial charge in [0.05, 0.1) is 4.92 Å². The smallest absolute Gasteiger partial charge is 0.270 e. The van der Waals surface area contributed by atoms with Crippen molar-refractivity contribution in [1.82, 2.24) is 9.97 Å². The van der Waals surface area contributed by atoms with Gasteiger partial charge in [-0.05, 0) is 56.3 Å². The molecule has 0 atom stereocenters. The number of aryl methyl sites for hydroxylation is 2. The maximum atomic E-state index is 12.4. The Kier molecular flexibility index (Phi) is 6.45. The van der Waals surface area contributed by atoms with Crippen molar-refractivity contribution in [2.24, 2.45) is 0 Å². The molecule has 9 nitrogen and oxygen atoms in total. The lowest BCUT2D eigenvalue weighted by atomic mass is 10.2. The minimum Gasteiger partial charge on any atom is -0.340 e. The first-order chi connectivity index (χ1) is 16.4. The second-order valence-corrected chi connectivity index (χ2v) is 7.64. The first-order valence-electron chi connectivity index (χ1n) is 10.5. The van der Waals surface area contributed by atoms with E-state index >= 15 is 0 Å². The van der Waals surface area contributed by atoms with E-state index in [0.29, 0.717) is 23.1 Å². The highest BCUT2D eigenvalue weighted by Gasteiger charge is 2.12. The van der Waals surface area contributed by atoms with Crippen LogP contribution < -0.4 is 16.0 Å². The molecule has 0 aliphatic rings. The summed E-state index contributed by atoms with van der Waals surface area (Å²) in [7, 11) is 0. The molecule has 4 rings (SSSR count). The summed E-state index contributed by atoms with van der Waals surface area (Å²) in [6.45, 7) is 3.85. The average molecular weight is 454 g/mol. The third kappa shape index (κ3) is 5.71. The van der Waals surface area contributed by atoms with E-state index in [4.69, 9.17) is 0 Å². The van der Waals surface area contributed by atoms with E-state index in [1.165, 1.54) is 29.8 Å². The standard InChI is InChI=1S/C25H22N6O3/c1-16-6-8-19(9-7-16)28-23-15-24(27-17(2)26-23)29-20-10-12-21(13-11-20)30-25(32)18-4-3-5-22(14-18)31(33)34/h3-15H,1-2H3,(H,30,32)(H2,26,27,28,29). The molecule has 4 aromatic rings. The lowest BCUT2D eigenvalue weighted by molar-refractivity contribution is -0.384. The van der Waals surface area contributed by atoms with Crippen LogP contribution in [0.5, 0.6) is 0 Å². The van der Waals surface area contributed by atoms with Gasteiger partial charge in [-0.2, -0.15) is 0 Å². The topological polar surface area (TPSA) is 122 Å². The molecule has 0 bridgehead atoms. The molecule has 3 aromatic carbocycles. The number of amides is 1. The lowest BCUT2D eigenvalue weighted by Gasteiger charge is -2.11. The lowest BCUT2D eigenvalue weighted by Crippen LogP contribution is -2.12. The molecule has 0 radical (unpaired) electrons. The number of benzene rings is 3. The van der Waals surface area contributed by atoms with Crippen molar-refractivity contribution in [3.63, 3.8) is 0 Å². The minimum atomic E-state index is -0.534. The predicted octanol–water partition coefficient (Wildman–Crippen LogP) is 5.74. The van der Waals surface area contributed by atoms with Crippen LogP contribution in [-0.2, 0) is 0 Å². The molecule has 1 heterocycles. The highest BCUT2D eigenvalue weighted by atomic mass is 16.6. The zero-order chi connectivity index (χ0) is 24.1. The summed E-state index contributed by atoms with van der Waals surface area (Å²) in [6, 6.07) is 22.5. The molecule has 0 fully saturated rings. The molecule has 0 saturated carbocycles. The quantitative estimate of drug-likeness (QED) is 0.240. The summed E-state index contributed by atoms with van der Waals surface area (Å²) in [4.78, 5) is 31.7. The van der Waals surface area contributed by atoms with Crippen LogP contribution in [0.2, 0.25) is 0 Å². The predicted molar refractivity (Wildman–Crippen MR) is 132 cm³/mol. The van der Waals surface area contributed by atoms with Crippen molar-refractivity contribution >= 4 is 40.3 Å². The highest BCUT2D eigenvalue weighted by Crippen LogP contribution is 2.22. The van der Waals surface area contributed by atoms with Gasteiger partial charge < -0.3 is 16.0 Å². The molecule has 0 saturated heterocycles. The molecule has 3 N–H and O–H groups in total. The fourth-order valence-electron chi connectivity index (χ4n) is 3.23. The van der Waals surface area contributed by atoms with Crippen molar-refractivity contribution in [3.05, 3.63) is 106 Å². The van der Waals surface area contributed by atoms with E-state index in [1.807, 2.05) is 44.2 Å². The molecule has 0 aliphatic carbocycles. The van der Waals surface area contributed by atoms with Gasteiger partial charge in [0.1, 0.15) is 17.5 Å². The Hall–Kier alpha value is -4.79. The van der Waals surface area contributed by atoms with E-state index in [2.05, 4.69) is 25.9 Å². The van der Waals surface area contributed by atoms with Crippen LogP contribution in [0.3, 0.4) is 0 Å². The molecule has 1 aromatic heterocycles. The number of non-ortho nitro benzene ring substituents is 1. The van der Waals surface area contributed by atoms with Gasteiger partial charge in [-0.15, -0.1) is 0 Å². The zero-order valence-electron chi connectivity index (χ0n) is 18.6. The van der Waals surface area contributed by atoms with Crippen molar-refractivity contribution in [1.29, 1.82) is 0 Å². The number of nitro benzene ring substituents is 1. The molecule has 9 heteroatoms. The molecule has 1 amide bonds. The van der Waals surface area contributed by atoms with Crippen LogP contribution in [-0.4, -0.2) is 20.8 Å². The molecule has 170 valence electrons. The molecule has 0 aliphatic heterocycles. The van der Waals surface area contributed by atoms with E-state index in [0.717, 1.165) is 11.4 Å². The Bertz CT molecular complexity index is 1340. The van der Waals surface area contributed by atoms with Gasteiger partial charge in [0, 0.05) is 40.8 Å². The number of aromatic nitrogens is 2. The van der Waals surface area contributed by atoms with Crippen LogP contribution in [0.1, 0.15) is 21.7 Å². The van der Waals surface area contributed by atoms with Crippen LogP contribution in [0.4, 0.5) is 34.4 Å². The Balaban J connectivity index is 1.43. The van der Waals surface area contributed by atoms with Crippen LogP contribution in [0.25, 0.3) is 0 Å². The Morgan fingerprint density at radius 1 is 0.794 bits per heavy atom. The number of hydrogen-bond donors (Lipinski definition) is 3. The monoisotopic (exact) mass is 454 g/mol. The summed E-state index contributed by atoms with van der Waals surface area (Å²) < 4.78 is 0. The van der Waals surface area contributed by atoms with Gasteiger partial charge >= 0.3 is 0 Å². The van der Waals surface area contributed by atoms with Crippen LogP contribution >= 0.6 is 0 Å². The number of nitro groups is 1. The number of hydrogen-bond acceptors (Lipinski definition) is 7. The fraction of sp³-hybridized carbons (Fsp3) is 0.0800. The van der Waals surface area contributed by atoms with Crippen molar-refractivity contribution in [2.75, 3.05) is 16.0 Å². The summed E-state index contributed by atoms with van der Waals surface area (Å²) in [6.07, 6.45) is 0. The van der Waals surface area contributed by atoms with Gasteiger partial charge in [-0.25, -0.2) is 9.97 Å². The number of carbonyl (C=O) groups excluding carboxylic acids is 1. The number of nitrogens with one attached hydrogen (secondary N) is 3. The average Bonchev–Trinajstić information content (AvgIpc) is 2.81. The van der Waals surface area contributed by atoms with E-state index in [9.17, 15) is 14.9 Å². The highest BCUT2D eigenvalue weighted by molar-refractivity contribution is 6.04. The van der Waals surface area contributed by atoms with Crippen LogP contribution in [0, 0.1) is 24.0 Å². The maximum Gasteiger partial charge on any atom is 0.270 e. The Morgan fingerprint density at radius 3 is 1.94 bits per heavy atom. The summed E-state index contributed by atoms with van der Waals surface area (Å²) in [5.74, 6) is 1.47. The van der Waals surface area contributed by atoms with Gasteiger partial charge in [-0.1, -0.05) is 23.8 Å². The van der Waals surface area contributed by atoms with Crippen LogP contribution in [0.15, 0.2) is 78.9 Å². The fourth-order valence-corrected chi connectivity index (χ4v) is 3.23. The van der Waals surface area contributed by atoms with E-state index < -0.39 is 10.8 Å². The summed E-state index contributed by atoms with van der Waals surface area (Å²) >= 11 is 0. The van der Waals surface area contributed by atoms with Crippen molar-refractivity contribution in [3.8, 4) is 0 Å². The molecule has 0 unspecified atom stereocenters. The SMILES string of the molecule is Cc1ccc(Nc2cc(Nc3ccc(NC(=O)c4cccc([N+](=O)[O-])c4)cc3)nc(C)n2)cc1. The largest absolute Gasteiger partial charge is 0.340 e. The maximum absolute atomic E-state index is 12.4. The summed E-state index contributed by atoms with van der Waals surface area (Å²) in [5.41, 5.74) is 3.51. The first kappa shape index (κ1) is 22.4. The third-order valence-corrected chi connectivity index (χ3v) is 4.90. The third-order valence-electron chi connectivity index (χ3n) is 4.90. The normalized spacial score (nSPS) is 10.4. The molecular weight excluding hydrogens is 432 g/mol. The number of carbonyl (C=O) groups is 1. The second-order valence-electron chi connectivity index (χ2n) is 7.64. The Morgan fingerprint density at radius 2 is 1.35 bits per heavy atom. The molecular formula is C25H22N6O3. The number of rotatable bonds is 7. The number of nitrogens with zero attached hydrogens (tertiary/aromatic N) is 3. The van der Waals surface area contributed by atoms with Gasteiger partial charge in [0.15, 0.2) is 0 Å². The van der Waals surface area contributed by atoms with E-state index in [-0.39, 0.29) is 11.3 Å². The zero-order valence-corrected chi connectivity index (χ0v) is 18.6. The first-order valence-corrected chi connectivity index (χ1v) is 10.5. The Labute approximate surface area is 196 Å². The van der Waals surface area contributed by atoms with Crippen molar-refractivity contribution in [2.45, 2.75) is 13.8 Å². The van der Waals surface area contributed by atoms with Crippen molar-refractivity contribution < 1.29 is 9.72 Å². The van der Waals surface area contributed by atoms with Gasteiger partial charge in [0.2, 0.25) is 0 Å². The van der Waals surface area contributed by atoms with E-state index in [1.54, 1.807) is 24.3 Å². The molecule has 34 heavy (non-hydrogen) atoms. The summed E-state index contributed by atoms with van der Waals surface area (Å²) in [5, 5.41) is 20.2. The van der Waals surface area contributed by atoms with Gasteiger partial charge in [0.25, 0.3) is 11.6 Å². The second kappa shape index (κ2) is 9.78. The minimum absolute atomic E-state index is 0.136.